The number of hydrogen-bond donors (Lipinski definition) is 1. The van der Waals surface area contributed by atoms with Gasteiger partial charge in [-0.25, -0.2) is 18.2 Å². The summed E-state index contributed by atoms with van der Waals surface area (Å²) in [4.78, 5) is 39.8. The second kappa shape index (κ2) is 12.7. The molecule has 2 aliphatic heterocycles. The van der Waals surface area contributed by atoms with Gasteiger partial charge in [0, 0.05) is 48.4 Å². The van der Waals surface area contributed by atoms with E-state index in [2.05, 4.69) is 22.6 Å². The highest BCUT2D eigenvalue weighted by Gasteiger charge is 2.38. The quantitative estimate of drug-likeness (QED) is 0.139. The van der Waals surface area contributed by atoms with Crippen LogP contribution in [-0.2, 0) is 4.79 Å². The summed E-state index contributed by atoms with van der Waals surface area (Å²) in [6.45, 7) is 13.4. The van der Waals surface area contributed by atoms with Crippen molar-refractivity contribution in [1.29, 1.82) is 5.26 Å². The van der Waals surface area contributed by atoms with E-state index in [1.807, 2.05) is 39.5 Å². The molecule has 2 aromatic heterocycles. The molecule has 0 radical (unpaired) electrons. The Morgan fingerprint density at radius 1 is 1.15 bits per heavy atom. The molecule has 2 aliphatic rings. The molecule has 9 nitrogen and oxygen atoms in total. The van der Waals surface area contributed by atoms with E-state index in [0.717, 1.165) is 0 Å². The van der Waals surface area contributed by atoms with Gasteiger partial charge in [0.15, 0.2) is 17.5 Å². The number of rotatable bonds is 5. The number of allylic oxidation sites excluding steroid dienone is 1. The summed E-state index contributed by atoms with van der Waals surface area (Å²) in [7, 11) is 0. The van der Waals surface area contributed by atoms with Crippen LogP contribution < -0.4 is 16.2 Å². The molecule has 1 amide bonds. The van der Waals surface area contributed by atoms with Gasteiger partial charge in [-0.2, -0.15) is 5.26 Å². The third kappa shape index (κ3) is 5.45. The van der Waals surface area contributed by atoms with Crippen molar-refractivity contribution in [3.8, 4) is 17.3 Å². The van der Waals surface area contributed by atoms with Gasteiger partial charge in [0.05, 0.1) is 28.0 Å². The number of piperazine rings is 1. The average Bonchev–Trinajstić information content (AvgIpc) is 3.02. The molecule has 246 valence electrons. The number of halogens is 5. The van der Waals surface area contributed by atoms with Gasteiger partial charge in [-0.3, -0.25) is 19.1 Å². The first-order chi connectivity index (χ1) is 22.2. The van der Waals surface area contributed by atoms with E-state index in [4.69, 9.17) is 28.9 Å². The van der Waals surface area contributed by atoms with Crippen LogP contribution in [0.15, 0.2) is 40.8 Å². The Labute approximate surface area is 279 Å². The molecule has 47 heavy (non-hydrogen) atoms. The lowest BCUT2D eigenvalue weighted by Gasteiger charge is -2.45. The van der Waals surface area contributed by atoms with Crippen LogP contribution in [0.1, 0.15) is 46.2 Å². The van der Waals surface area contributed by atoms with Gasteiger partial charge in [-0.05, 0) is 31.9 Å². The third-order valence-electron chi connectivity index (χ3n) is 8.70. The first-order valence-corrected chi connectivity index (χ1v) is 15.7. The zero-order valence-electron chi connectivity index (χ0n) is 26.3. The molecule has 4 heterocycles. The van der Waals surface area contributed by atoms with Crippen molar-refractivity contribution < 1.29 is 18.0 Å². The number of carbonyl (C=O) groups excluding carboxylic acids is 1. The highest BCUT2D eigenvalue weighted by molar-refractivity contribution is 6.34. The number of hydrogen-bond acceptors (Lipinski definition) is 7. The number of nitrogen functional groups attached to an aromatic ring is 1. The lowest BCUT2D eigenvalue weighted by Crippen LogP contribution is -2.58. The van der Waals surface area contributed by atoms with Gasteiger partial charge in [-0.1, -0.05) is 56.6 Å². The fourth-order valence-electron chi connectivity index (χ4n) is 6.63. The van der Waals surface area contributed by atoms with E-state index in [1.54, 1.807) is 17.2 Å². The number of aliphatic imine (C=N–C) groups is 1. The second-order valence-electron chi connectivity index (χ2n) is 12.2. The Bertz CT molecular complexity index is 1960. The number of nitriles is 1. The fourth-order valence-corrected chi connectivity index (χ4v) is 7.07. The van der Waals surface area contributed by atoms with Crippen molar-refractivity contribution in [1.82, 2.24) is 14.5 Å². The molecule has 5 rings (SSSR count). The first-order valence-electron chi connectivity index (χ1n) is 14.9. The van der Waals surface area contributed by atoms with Crippen LogP contribution in [0.3, 0.4) is 0 Å². The van der Waals surface area contributed by atoms with Crippen molar-refractivity contribution >= 4 is 57.2 Å². The molecule has 1 fully saturated rings. The van der Waals surface area contributed by atoms with Crippen LogP contribution in [0, 0.1) is 40.6 Å². The average molecular weight is 687 g/mol. The Morgan fingerprint density at radius 3 is 2.36 bits per heavy atom. The predicted octanol–water partition coefficient (Wildman–Crippen LogP) is 6.65. The summed E-state index contributed by atoms with van der Waals surface area (Å²) in [5.74, 6) is -5.14. The van der Waals surface area contributed by atoms with Crippen molar-refractivity contribution in [2.45, 2.75) is 52.7 Å². The lowest BCUT2D eigenvalue weighted by molar-refractivity contribution is -0.130. The van der Waals surface area contributed by atoms with Gasteiger partial charge in [0.1, 0.15) is 28.0 Å². The van der Waals surface area contributed by atoms with Crippen LogP contribution in [0.5, 0.6) is 0 Å². The van der Waals surface area contributed by atoms with Crippen LogP contribution in [0.25, 0.3) is 22.3 Å². The van der Waals surface area contributed by atoms with Crippen LogP contribution in [-0.4, -0.2) is 51.2 Å². The molecule has 1 unspecified atom stereocenters. The molecule has 4 atom stereocenters. The summed E-state index contributed by atoms with van der Waals surface area (Å²) in [5.41, 5.74) is 3.06. The van der Waals surface area contributed by atoms with Crippen LogP contribution in [0.2, 0.25) is 10.0 Å². The summed E-state index contributed by atoms with van der Waals surface area (Å²) >= 11 is 12.5. The molecule has 2 N–H and O–H groups in total. The maximum Gasteiger partial charge on any atom is 0.272 e. The fraction of sp³-hybridized carbons (Fsp3) is 0.364. The lowest BCUT2D eigenvalue weighted by atomic mass is 9.88. The minimum atomic E-state index is -1.48. The number of nitrogens with two attached hydrogens (primary N) is 1. The van der Waals surface area contributed by atoms with E-state index >= 15 is 8.78 Å². The summed E-state index contributed by atoms with van der Waals surface area (Å²) in [5, 5.41) is 9.41. The van der Waals surface area contributed by atoms with E-state index in [9.17, 15) is 19.2 Å². The monoisotopic (exact) mass is 685 g/mol. The third-order valence-corrected chi connectivity index (χ3v) is 9.32. The normalized spacial score (nSPS) is 21.3. The van der Waals surface area contributed by atoms with E-state index in [1.165, 1.54) is 16.7 Å². The maximum atomic E-state index is 15.5. The first kappa shape index (κ1) is 34.0. The van der Waals surface area contributed by atoms with Gasteiger partial charge in [-0.15, -0.1) is 0 Å². The minimum Gasteiger partial charge on any atom is -0.394 e. The number of carbonyl (C=O) groups is 1. The molecule has 1 aromatic carbocycles. The zero-order chi connectivity index (χ0) is 34.6. The summed E-state index contributed by atoms with van der Waals surface area (Å²) < 4.78 is 46.7. The highest BCUT2D eigenvalue weighted by atomic mass is 35.5. The molecule has 0 aliphatic carbocycles. The van der Waals surface area contributed by atoms with E-state index in [0.29, 0.717) is 5.71 Å². The number of aromatic nitrogens is 2. The van der Waals surface area contributed by atoms with Crippen molar-refractivity contribution in [2.75, 3.05) is 23.7 Å². The molecule has 14 heteroatoms. The number of nitrogens with zero attached hydrogens (tertiary/aromatic N) is 6. The van der Waals surface area contributed by atoms with Gasteiger partial charge in [0.2, 0.25) is 5.91 Å². The molecule has 0 saturated carbocycles. The molecule has 0 bridgehead atoms. The second-order valence-corrected chi connectivity index (χ2v) is 12.9. The molecule has 3 aromatic rings. The maximum absolute atomic E-state index is 15.5. The van der Waals surface area contributed by atoms with E-state index in [-0.39, 0.29) is 70.2 Å². The van der Waals surface area contributed by atoms with Gasteiger partial charge < -0.3 is 15.5 Å². The van der Waals surface area contributed by atoms with Crippen molar-refractivity contribution in [2.24, 2.45) is 16.8 Å². The largest absolute Gasteiger partial charge is 0.394 e. The highest BCUT2D eigenvalue weighted by Crippen LogP contribution is 2.42. The number of fused-ring (bicyclic) bond motifs is 1. The molecular formula is C33H32Cl2F3N7O2. The van der Waals surface area contributed by atoms with Gasteiger partial charge in [0.25, 0.3) is 5.56 Å². The number of anilines is 2. The standard InChI is InChI=1S/C33H32Cl2F3N7O2/c1-7-21(46)44-16(5)12-43(13-17(44)6)31-18-10-20(34)29(22-24(36)23(35)26(38)27(40)25(22)37)42-32(18)45(33(47)19(31)11-39)30-15(4)8-9-41-28(30)14(2)3/h7-10,14-17,30H,1,12-13,40H2,2-6H3/t15-,16-,17+,30?/m1/s1. The Balaban J connectivity index is 1.91. The Hall–Kier alpha value is -4.34. The van der Waals surface area contributed by atoms with E-state index < -0.39 is 51.0 Å². The minimum absolute atomic E-state index is 0.0494. The number of pyridine rings is 2. The summed E-state index contributed by atoms with van der Waals surface area (Å²) in [6, 6.07) is 1.99. The Morgan fingerprint density at radius 2 is 1.79 bits per heavy atom. The Kier molecular flexibility index (Phi) is 9.18. The topological polar surface area (TPSA) is 121 Å². The molecule has 1 saturated heterocycles. The van der Waals surface area contributed by atoms with Crippen LogP contribution in [0.4, 0.5) is 24.5 Å². The SMILES string of the molecule is C=CC(=O)N1[C@H](C)CN(c2c(C#N)c(=O)n(C3C(C(C)C)=NC=C[C@H]3C)c3nc(-c4c(F)c(N)c(F)c(Cl)c4F)c(Cl)cc23)C[C@@H]1C. The number of amides is 1. The predicted molar refractivity (Wildman–Crippen MR) is 178 cm³/mol. The zero-order valence-corrected chi connectivity index (χ0v) is 27.8. The van der Waals surface area contributed by atoms with Crippen molar-refractivity contribution in [3.05, 3.63) is 74.4 Å². The summed E-state index contributed by atoms with van der Waals surface area (Å²) in [6.07, 6.45) is 4.66. The number of benzene rings is 1. The molecule has 0 spiro atoms. The van der Waals surface area contributed by atoms with Gasteiger partial charge >= 0.3 is 0 Å². The van der Waals surface area contributed by atoms with Crippen LogP contribution >= 0.6 is 23.2 Å². The smallest absolute Gasteiger partial charge is 0.272 e. The molecular weight excluding hydrogens is 654 g/mol. The van der Waals surface area contributed by atoms with Crippen molar-refractivity contribution in [3.63, 3.8) is 0 Å².